The van der Waals surface area contributed by atoms with Crippen LogP contribution in [0.2, 0.25) is 0 Å². The molecule has 0 saturated heterocycles. The van der Waals surface area contributed by atoms with E-state index in [9.17, 15) is 5.11 Å². The number of benzene rings is 2. The van der Waals surface area contributed by atoms with E-state index in [1.165, 1.54) is 18.4 Å². The zero-order chi connectivity index (χ0) is 15.2. The summed E-state index contributed by atoms with van der Waals surface area (Å²) in [4.78, 5) is 4.45. The molecule has 2 rings (SSSR count). The molecule has 0 saturated carbocycles. The highest BCUT2D eigenvalue weighted by molar-refractivity contribution is 14.1. The first-order valence-electron chi connectivity index (χ1n) is 7.22. The van der Waals surface area contributed by atoms with Gasteiger partial charge in [-0.2, -0.15) is 0 Å². The first-order valence-corrected chi connectivity index (χ1v) is 8.30. The lowest BCUT2D eigenvalue weighted by atomic mass is 10.1. The molecule has 3 heteroatoms. The highest BCUT2D eigenvalue weighted by atomic mass is 127. The lowest BCUT2D eigenvalue weighted by Gasteiger charge is -2.04. The van der Waals surface area contributed by atoms with Gasteiger partial charge in [0.15, 0.2) is 0 Å². The zero-order valence-corrected chi connectivity index (χ0v) is 14.6. The number of aromatic hydroxyl groups is 1. The molecule has 0 fully saturated rings. The van der Waals surface area contributed by atoms with Gasteiger partial charge in [0.1, 0.15) is 5.75 Å². The van der Waals surface area contributed by atoms with Crippen molar-refractivity contribution in [2.75, 3.05) is 0 Å². The van der Waals surface area contributed by atoms with Gasteiger partial charge in [0.2, 0.25) is 0 Å². The molecule has 0 aliphatic carbocycles. The van der Waals surface area contributed by atoms with Gasteiger partial charge in [-0.25, -0.2) is 0 Å². The van der Waals surface area contributed by atoms with E-state index >= 15 is 0 Å². The number of phenols is 1. The van der Waals surface area contributed by atoms with Gasteiger partial charge in [0.05, 0.1) is 5.69 Å². The minimum Gasteiger partial charge on any atom is -0.507 e. The van der Waals surface area contributed by atoms with Gasteiger partial charge in [-0.1, -0.05) is 25.5 Å². The molecule has 2 aromatic rings. The average molecular weight is 393 g/mol. The van der Waals surface area contributed by atoms with Crippen LogP contribution in [0.1, 0.15) is 36.5 Å². The largest absolute Gasteiger partial charge is 0.507 e. The van der Waals surface area contributed by atoms with E-state index in [1.807, 2.05) is 31.2 Å². The molecule has 0 heterocycles. The second-order valence-corrected chi connectivity index (χ2v) is 6.43. The molecule has 0 aliphatic heterocycles. The van der Waals surface area contributed by atoms with Crippen LogP contribution < -0.4 is 0 Å². The van der Waals surface area contributed by atoms with Crippen molar-refractivity contribution < 1.29 is 5.11 Å². The Balaban J connectivity index is 2.14. The quantitative estimate of drug-likeness (QED) is 0.536. The van der Waals surface area contributed by atoms with Crippen LogP contribution in [0, 0.1) is 10.5 Å². The van der Waals surface area contributed by atoms with Gasteiger partial charge in [-0.15, -0.1) is 0 Å². The van der Waals surface area contributed by atoms with Crippen molar-refractivity contribution in [3.63, 3.8) is 0 Å². The Bertz CT molecular complexity index is 632. The molecule has 0 unspecified atom stereocenters. The van der Waals surface area contributed by atoms with Crippen molar-refractivity contribution in [3.8, 4) is 5.75 Å². The molecule has 2 aromatic carbocycles. The molecular weight excluding hydrogens is 373 g/mol. The topological polar surface area (TPSA) is 32.6 Å². The average Bonchev–Trinajstić information content (AvgIpc) is 2.48. The summed E-state index contributed by atoms with van der Waals surface area (Å²) in [5.41, 5.74) is 3.89. The smallest absolute Gasteiger partial charge is 0.127 e. The van der Waals surface area contributed by atoms with Crippen LogP contribution >= 0.6 is 22.6 Å². The van der Waals surface area contributed by atoms with Crippen LogP contribution in [0.3, 0.4) is 0 Å². The predicted molar refractivity (Wildman–Crippen MR) is 97.9 cm³/mol. The summed E-state index contributed by atoms with van der Waals surface area (Å²) in [6, 6.07) is 12.2. The molecule has 0 radical (unpaired) electrons. The summed E-state index contributed by atoms with van der Waals surface area (Å²) in [5.74, 6) is 0.304. The van der Waals surface area contributed by atoms with Crippen LogP contribution in [-0.4, -0.2) is 11.3 Å². The molecule has 0 spiro atoms. The zero-order valence-electron chi connectivity index (χ0n) is 12.4. The van der Waals surface area contributed by atoms with E-state index in [0.29, 0.717) is 5.75 Å². The number of hydrogen-bond acceptors (Lipinski definition) is 2. The van der Waals surface area contributed by atoms with Gasteiger partial charge in [-0.05, 0) is 77.7 Å². The van der Waals surface area contributed by atoms with Crippen molar-refractivity contribution in [3.05, 3.63) is 56.7 Å². The van der Waals surface area contributed by atoms with Crippen LogP contribution in [0.15, 0.2) is 41.4 Å². The Hall–Kier alpha value is -1.36. The second-order valence-electron chi connectivity index (χ2n) is 5.19. The van der Waals surface area contributed by atoms with Crippen LogP contribution in [0.5, 0.6) is 5.75 Å². The van der Waals surface area contributed by atoms with Gasteiger partial charge in [0, 0.05) is 15.3 Å². The maximum atomic E-state index is 10.0. The lowest BCUT2D eigenvalue weighted by Crippen LogP contribution is -1.88. The molecule has 0 aromatic heterocycles. The van der Waals surface area contributed by atoms with Crippen LogP contribution in [0.4, 0.5) is 5.69 Å². The number of halogens is 1. The summed E-state index contributed by atoms with van der Waals surface area (Å²) in [7, 11) is 0. The molecule has 0 amide bonds. The Kier molecular flexibility index (Phi) is 5.79. The van der Waals surface area contributed by atoms with Gasteiger partial charge in [0.25, 0.3) is 0 Å². The highest BCUT2D eigenvalue weighted by Crippen LogP contribution is 2.24. The van der Waals surface area contributed by atoms with Gasteiger partial charge >= 0.3 is 0 Å². The Labute approximate surface area is 140 Å². The van der Waals surface area contributed by atoms with E-state index in [0.717, 1.165) is 26.8 Å². The summed E-state index contributed by atoms with van der Waals surface area (Å²) >= 11 is 2.25. The molecule has 1 N–H and O–H groups in total. The highest BCUT2D eigenvalue weighted by Gasteiger charge is 2.03. The SMILES string of the molecule is CCCCc1ccc(N=Cc2cc(I)cc(C)c2O)cc1. The van der Waals surface area contributed by atoms with Gasteiger partial charge < -0.3 is 5.11 Å². The van der Waals surface area contributed by atoms with E-state index < -0.39 is 0 Å². The number of unbranched alkanes of at least 4 members (excludes halogenated alkanes) is 1. The number of aryl methyl sites for hydroxylation is 2. The van der Waals surface area contributed by atoms with Gasteiger partial charge in [-0.3, -0.25) is 4.99 Å². The maximum absolute atomic E-state index is 10.0. The number of phenolic OH excluding ortho intramolecular Hbond substituents is 1. The normalized spacial score (nSPS) is 11.2. The Morgan fingerprint density at radius 2 is 1.90 bits per heavy atom. The Morgan fingerprint density at radius 3 is 2.57 bits per heavy atom. The molecule has 0 aliphatic rings. The predicted octanol–water partition coefficient (Wildman–Crippen LogP) is 5.40. The van der Waals surface area contributed by atoms with E-state index in [1.54, 1.807) is 6.21 Å². The van der Waals surface area contributed by atoms with Crippen molar-refractivity contribution in [2.24, 2.45) is 4.99 Å². The number of rotatable bonds is 5. The van der Waals surface area contributed by atoms with E-state index in [-0.39, 0.29) is 0 Å². The summed E-state index contributed by atoms with van der Waals surface area (Å²) < 4.78 is 1.10. The van der Waals surface area contributed by atoms with Crippen molar-refractivity contribution in [1.29, 1.82) is 0 Å². The molecule has 0 bridgehead atoms. The maximum Gasteiger partial charge on any atom is 0.127 e. The van der Waals surface area contributed by atoms with Crippen LogP contribution in [-0.2, 0) is 6.42 Å². The molecule has 0 atom stereocenters. The first-order chi connectivity index (χ1) is 10.1. The van der Waals surface area contributed by atoms with Crippen LogP contribution in [0.25, 0.3) is 0 Å². The fraction of sp³-hybridized carbons (Fsp3) is 0.278. The minimum atomic E-state index is 0.304. The van der Waals surface area contributed by atoms with Crippen molar-refractivity contribution in [2.45, 2.75) is 33.1 Å². The number of hydrogen-bond donors (Lipinski definition) is 1. The fourth-order valence-electron chi connectivity index (χ4n) is 2.13. The van der Waals surface area contributed by atoms with Crippen molar-refractivity contribution in [1.82, 2.24) is 0 Å². The molecule has 110 valence electrons. The summed E-state index contributed by atoms with van der Waals surface area (Å²) in [6.45, 7) is 4.10. The number of nitrogens with zero attached hydrogens (tertiary/aromatic N) is 1. The van der Waals surface area contributed by atoms with Crippen molar-refractivity contribution >= 4 is 34.5 Å². The monoisotopic (exact) mass is 393 g/mol. The molecular formula is C18H20INO. The molecule has 21 heavy (non-hydrogen) atoms. The number of aliphatic imine (C=N–C) groups is 1. The molecule has 2 nitrogen and oxygen atoms in total. The minimum absolute atomic E-state index is 0.304. The standard InChI is InChI=1S/C18H20INO/c1-3-4-5-14-6-8-17(9-7-14)20-12-15-11-16(19)10-13(2)18(15)21/h6-12,21H,3-5H2,1-2H3. The summed E-state index contributed by atoms with van der Waals surface area (Å²) in [5, 5.41) is 10.0. The van der Waals surface area contributed by atoms with E-state index in [4.69, 9.17) is 0 Å². The first kappa shape index (κ1) is 16.0. The second kappa shape index (κ2) is 7.59. The third kappa shape index (κ3) is 4.56. The summed E-state index contributed by atoms with van der Waals surface area (Å²) in [6.07, 6.45) is 5.28. The fourth-order valence-corrected chi connectivity index (χ4v) is 2.94. The third-order valence-corrected chi connectivity index (χ3v) is 4.03. The van der Waals surface area contributed by atoms with E-state index in [2.05, 4.69) is 46.6 Å². The lowest BCUT2D eigenvalue weighted by molar-refractivity contribution is 0.470. The third-order valence-electron chi connectivity index (χ3n) is 3.40. The Morgan fingerprint density at radius 1 is 1.19 bits per heavy atom.